The van der Waals surface area contributed by atoms with Crippen LogP contribution in [0.5, 0.6) is 0 Å². The Morgan fingerprint density at radius 2 is 1.36 bits per heavy atom. The largest absolute Gasteiger partial charge is 0.390 e. The maximum atomic E-state index is 13.8. The zero-order chi connectivity index (χ0) is 37.4. The second-order valence-electron chi connectivity index (χ2n) is 15.4. The molecule has 0 unspecified atom stereocenters. The quantitative estimate of drug-likeness (QED) is 0.113. The van der Waals surface area contributed by atoms with Crippen LogP contribution in [0.2, 0.25) is 0 Å². The summed E-state index contributed by atoms with van der Waals surface area (Å²) in [6.07, 6.45) is 4.66. The molecule has 1 aromatic carbocycles. The minimum absolute atomic E-state index is 0.112. The standard InChI is InChI=1S/C39H65N5O6/c1-9-27(8)36(39(50)40-29-17-13-14-18-29)43-34(47)23-32(45)30(20-19-28-15-11-10-12-16-28)42-38(49)35(26(6)7)44-37(48)31(21-24(2)3)41-33(46)22-25(4)5/h10-12,15-16,24-27,29-32,35-36,45H,9,13-14,17-23H2,1-8H3,(H,40,50)(H,41,46)(H,42,49)(H,43,47)(H,44,48)/t27-,30-,31-,32-,35-,36-/m0/s1. The van der Waals surface area contributed by atoms with Crippen LogP contribution in [-0.4, -0.2) is 71.0 Å². The normalized spacial score (nSPS) is 17.0. The van der Waals surface area contributed by atoms with Gasteiger partial charge in [0.25, 0.3) is 0 Å². The van der Waals surface area contributed by atoms with E-state index in [9.17, 15) is 29.1 Å². The summed E-state index contributed by atoms with van der Waals surface area (Å²) < 4.78 is 0. The maximum Gasteiger partial charge on any atom is 0.243 e. The van der Waals surface area contributed by atoms with E-state index in [-0.39, 0.29) is 54.4 Å². The smallest absolute Gasteiger partial charge is 0.243 e. The van der Waals surface area contributed by atoms with Gasteiger partial charge in [0.2, 0.25) is 29.5 Å². The van der Waals surface area contributed by atoms with E-state index in [1.807, 2.05) is 85.7 Å². The van der Waals surface area contributed by atoms with Gasteiger partial charge in [0, 0.05) is 12.5 Å². The van der Waals surface area contributed by atoms with Gasteiger partial charge in [0.05, 0.1) is 18.6 Å². The first kappa shape index (κ1) is 42.7. The lowest BCUT2D eigenvalue weighted by atomic mass is 9.95. The number of amides is 5. The molecule has 1 aliphatic rings. The minimum Gasteiger partial charge on any atom is -0.390 e. The average Bonchev–Trinajstić information content (AvgIpc) is 3.56. The van der Waals surface area contributed by atoms with Crippen molar-refractivity contribution in [1.29, 1.82) is 0 Å². The summed E-state index contributed by atoms with van der Waals surface area (Å²) in [4.78, 5) is 66.4. The van der Waals surface area contributed by atoms with E-state index in [0.29, 0.717) is 25.7 Å². The van der Waals surface area contributed by atoms with Gasteiger partial charge in [-0.15, -0.1) is 0 Å². The van der Waals surface area contributed by atoms with Crippen LogP contribution in [0.4, 0.5) is 0 Å². The van der Waals surface area contributed by atoms with Crippen LogP contribution in [0.1, 0.15) is 119 Å². The Bertz CT molecular complexity index is 1220. The van der Waals surface area contributed by atoms with Crippen LogP contribution in [0, 0.1) is 23.7 Å². The van der Waals surface area contributed by atoms with Crippen LogP contribution >= 0.6 is 0 Å². The molecule has 0 saturated heterocycles. The first-order valence-corrected chi connectivity index (χ1v) is 18.8. The zero-order valence-electron chi connectivity index (χ0n) is 31.7. The van der Waals surface area contributed by atoms with Crippen LogP contribution in [0.25, 0.3) is 0 Å². The molecule has 0 spiro atoms. The van der Waals surface area contributed by atoms with E-state index in [4.69, 9.17) is 0 Å². The van der Waals surface area contributed by atoms with Gasteiger partial charge in [-0.3, -0.25) is 24.0 Å². The highest BCUT2D eigenvalue weighted by Gasteiger charge is 2.34. The molecule has 282 valence electrons. The highest BCUT2D eigenvalue weighted by molar-refractivity contribution is 5.92. The predicted octanol–water partition coefficient (Wildman–Crippen LogP) is 4.16. The fourth-order valence-electron chi connectivity index (χ4n) is 6.34. The van der Waals surface area contributed by atoms with Crippen molar-refractivity contribution in [2.75, 3.05) is 0 Å². The van der Waals surface area contributed by atoms with Crippen molar-refractivity contribution in [2.45, 2.75) is 156 Å². The topological polar surface area (TPSA) is 166 Å². The molecule has 0 radical (unpaired) electrons. The van der Waals surface area contributed by atoms with E-state index < -0.39 is 48.0 Å². The van der Waals surface area contributed by atoms with Gasteiger partial charge in [-0.2, -0.15) is 0 Å². The maximum absolute atomic E-state index is 13.8. The number of hydrogen-bond donors (Lipinski definition) is 6. The van der Waals surface area contributed by atoms with Gasteiger partial charge in [0.1, 0.15) is 18.1 Å². The lowest BCUT2D eigenvalue weighted by Gasteiger charge is -2.30. The highest BCUT2D eigenvalue weighted by atomic mass is 16.3. The second-order valence-corrected chi connectivity index (χ2v) is 15.4. The molecule has 5 amide bonds. The molecule has 1 aromatic rings. The molecule has 6 atom stereocenters. The number of hydrogen-bond acceptors (Lipinski definition) is 6. The highest BCUT2D eigenvalue weighted by Crippen LogP contribution is 2.19. The van der Waals surface area contributed by atoms with Gasteiger partial charge in [-0.25, -0.2) is 0 Å². The lowest BCUT2D eigenvalue weighted by molar-refractivity contribution is -0.134. The molecule has 0 aliphatic heterocycles. The Kier molecular flexibility index (Phi) is 18.5. The third-order valence-corrected chi connectivity index (χ3v) is 9.49. The van der Waals surface area contributed by atoms with Crippen molar-refractivity contribution in [3.8, 4) is 0 Å². The van der Waals surface area contributed by atoms with E-state index in [0.717, 1.165) is 31.2 Å². The van der Waals surface area contributed by atoms with Crippen molar-refractivity contribution in [1.82, 2.24) is 26.6 Å². The van der Waals surface area contributed by atoms with Crippen LogP contribution in [0.3, 0.4) is 0 Å². The molecule has 50 heavy (non-hydrogen) atoms. The number of rotatable bonds is 21. The number of aliphatic hydroxyl groups is 1. The van der Waals surface area contributed by atoms with E-state index in [1.165, 1.54) is 0 Å². The summed E-state index contributed by atoms with van der Waals surface area (Å²) in [6, 6.07) is 6.45. The Morgan fingerprint density at radius 3 is 1.92 bits per heavy atom. The minimum atomic E-state index is -1.26. The van der Waals surface area contributed by atoms with Gasteiger partial charge in [-0.05, 0) is 61.3 Å². The van der Waals surface area contributed by atoms with Crippen LogP contribution in [-0.2, 0) is 30.4 Å². The Labute approximate surface area is 300 Å². The molecule has 0 bridgehead atoms. The van der Waals surface area contributed by atoms with Crippen LogP contribution in [0.15, 0.2) is 30.3 Å². The number of carbonyl (C=O) groups is 5. The fourth-order valence-corrected chi connectivity index (χ4v) is 6.34. The van der Waals surface area contributed by atoms with Crippen LogP contribution < -0.4 is 26.6 Å². The van der Waals surface area contributed by atoms with Crippen molar-refractivity contribution >= 4 is 29.5 Å². The number of benzene rings is 1. The van der Waals surface area contributed by atoms with E-state index in [2.05, 4.69) is 26.6 Å². The molecule has 6 N–H and O–H groups in total. The molecule has 0 heterocycles. The van der Waals surface area contributed by atoms with Gasteiger partial charge in [0.15, 0.2) is 0 Å². The van der Waals surface area contributed by atoms with Gasteiger partial charge >= 0.3 is 0 Å². The SMILES string of the molecule is CC[C@H](C)[C@H](NC(=O)C[C@H](O)[C@H](CCc1ccccc1)NC(=O)[C@@H](NC(=O)[C@H](CC(C)C)NC(=O)CC(C)C)C(C)C)C(=O)NC1CCCC1. The average molecular weight is 700 g/mol. The number of aryl methyl sites for hydroxylation is 1. The summed E-state index contributed by atoms with van der Waals surface area (Å²) in [7, 11) is 0. The van der Waals surface area contributed by atoms with Crippen molar-refractivity contribution in [3.63, 3.8) is 0 Å². The first-order valence-electron chi connectivity index (χ1n) is 18.8. The molecule has 11 nitrogen and oxygen atoms in total. The first-order chi connectivity index (χ1) is 23.6. The molecular weight excluding hydrogens is 634 g/mol. The summed E-state index contributed by atoms with van der Waals surface area (Å²) in [5.41, 5.74) is 1.01. The molecular formula is C39H65N5O6. The Balaban J connectivity index is 2.21. The summed E-state index contributed by atoms with van der Waals surface area (Å²) in [5, 5.41) is 26.0. The zero-order valence-corrected chi connectivity index (χ0v) is 31.7. The monoisotopic (exact) mass is 699 g/mol. The molecule has 1 saturated carbocycles. The summed E-state index contributed by atoms with van der Waals surface area (Å²) >= 11 is 0. The molecule has 2 rings (SSSR count). The number of aliphatic hydroxyl groups excluding tert-OH is 1. The van der Waals surface area contributed by atoms with E-state index >= 15 is 0 Å². The summed E-state index contributed by atoms with van der Waals surface area (Å²) in [5.74, 6) is -2.03. The third kappa shape index (κ3) is 15.2. The predicted molar refractivity (Wildman–Crippen MR) is 197 cm³/mol. The fraction of sp³-hybridized carbons (Fsp3) is 0.718. The second kappa shape index (κ2) is 21.7. The molecule has 0 aromatic heterocycles. The van der Waals surface area contributed by atoms with Crippen molar-refractivity contribution in [3.05, 3.63) is 35.9 Å². The third-order valence-electron chi connectivity index (χ3n) is 9.49. The van der Waals surface area contributed by atoms with Gasteiger partial charge < -0.3 is 31.7 Å². The number of nitrogens with one attached hydrogen (secondary N) is 5. The molecule has 11 heteroatoms. The van der Waals surface area contributed by atoms with E-state index in [1.54, 1.807) is 0 Å². The summed E-state index contributed by atoms with van der Waals surface area (Å²) in [6.45, 7) is 15.3. The van der Waals surface area contributed by atoms with Gasteiger partial charge in [-0.1, -0.05) is 105 Å². The molecule has 1 aliphatic carbocycles. The Morgan fingerprint density at radius 1 is 0.740 bits per heavy atom. The lowest BCUT2D eigenvalue weighted by Crippen LogP contribution is -2.58. The van der Waals surface area contributed by atoms with Crippen molar-refractivity contribution in [2.24, 2.45) is 23.7 Å². The van der Waals surface area contributed by atoms with Crippen molar-refractivity contribution < 1.29 is 29.1 Å². The molecule has 1 fully saturated rings. The number of carbonyl (C=O) groups excluding carboxylic acids is 5. The Hall–Kier alpha value is -3.47.